The fourth-order valence-corrected chi connectivity index (χ4v) is 2.91. The molecule has 0 saturated heterocycles. The van der Waals surface area contributed by atoms with Crippen LogP contribution in [0.25, 0.3) is 0 Å². The van der Waals surface area contributed by atoms with Gasteiger partial charge < -0.3 is 5.11 Å². The lowest BCUT2D eigenvalue weighted by Gasteiger charge is -2.35. The molecular weight excluding hydrogens is 230 g/mol. The van der Waals surface area contributed by atoms with Crippen LogP contribution in [-0.2, 0) is 0 Å². The lowest BCUT2D eigenvalue weighted by molar-refractivity contribution is -0.00316. The largest absolute Gasteiger partial charge is 0.388 e. The number of hydrogen-bond donors (Lipinski definition) is 1. The third kappa shape index (κ3) is 4.02. The molecule has 0 saturated carbocycles. The van der Waals surface area contributed by atoms with E-state index in [2.05, 4.69) is 36.1 Å². The van der Waals surface area contributed by atoms with E-state index in [1.807, 2.05) is 39.7 Å². The van der Waals surface area contributed by atoms with Gasteiger partial charge in [0.1, 0.15) is 0 Å². The molecule has 96 valence electrons. The summed E-state index contributed by atoms with van der Waals surface area (Å²) >= 11 is 1.84. The van der Waals surface area contributed by atoms with Crippen LogP contribution in [0.5, 0.6) is 0 Å². The molecule has 3 heteroatoms. The van der Waals surface area contributed by atoms with Crippen molar-refractivity contribution in [1.29, 1.82) is 0 Å². The Morgan fingerprint density at radius 2 is 1.76 bits per heavy atom. The van der Waals surface area contributed by atoms with Crippen LogP contribution in [0.2, 0.25) is 0 Å². The van der Waals surface area contributed by atoms with E-state index < -0.39 is 5.60 Å². The molecule has 0 radical (unpaired) electrons. The van der Waals surface area contributed by atoms with Gasteiger partial charge in [-0.3, -0.25) is 4.90 Å². The van der Waals surface area contributed by atoms with E-state index in [0.717, 1.165) is 11.3 Å². The number of thioether (sulfide) groups is 1. The van der Waals surface area contributed by atoms with Crippen molar-refractivity contribution in [1.82, 2.24) is 4.90 Å². The van der Waals surface area contributed by atoms with Crippen LogP contribution in [-0.4, -0.2) is 35.5 Å². The van der Waals surface area contributed by atoms with Crippen molar-refractivity contribution < 1.29 is 5.11 Å². The molecule has 1 unspecified atom stereocenters. The Kier molecular flexibility index (Phi) is 5.04. The second-order valence-electron chi connectivity index (χ2n) is 5.02. The molecule has 0 aliphatic carbocycles. The highest BCUT2D eigenvalue weighted by atomic mass is 32.2. The first-order valence-electron chi connectivity index (χ1n) is 5.97. The Labute approximate surface area is 109 Å². The molecular formula is C14H23NOS. The summed E-state index contributed by atoms with van der Waals surface area (Å²) in [6.45, 7) is 5.86. The van der Waals surface area contributed by atoms with Crippen LogP contribution in [0, 0.1) is 0 Å². The van der Waals surface area contributed by atoms with E-state index in [0.29, 0.717) is 0 Å². The number of likely N-dealkylation sites (N-methyl/N-ethyl adjacent to an activating group) is 1. The van der Waals surface area contributed by atoms with Gasteiger partial charge in [0.15, 0.2) is 0 Å². The maximum Gasteiger partial charge on any atom is 0.0787 e. The molecule has 17 heavy (non-hydrogen) atoms. The predicted octanol–water partition coefficient (Wildman–Crippen LogP) is 3.17. The minimum absolute atomic E-state index is 0.0168. The first kappa shape index (κ1) is 14.6. The summed E-state index contributed by atoms with van der Waals surface area (Å²) in [7, 11) is 3.99. The van der Waals surface area contributed by atoms with Crippen molar-refractivity contribution in [3.63, 3.8) is 0 Å². The van der Waals surface area contributed by atoms with Crippen LogP contribution in [0.1, 0.15) is 32.4 Å². The molecule has 1 atom stereocenters. The predicted molar refractivity (Wildman–Crippen MR) is 75.6 cm³/mol. The SMILES string of the molecule is CCSc1ccc(C(N(C)C)C(C)(C)O)cc1. The van der Waals surface area contributed by atoms with Crippen LogP contribution in [0.4, 0.5) is 0 Å². The Morgan fingerprint density at radius 1 is 1.24 bits per heavy atom. The van der Waals surface area contributed by atoms with Gasteiger partial charge >= 0.3 is 0 Å². The van der Waals surface area contributed by atoms with E-state index >= 15 is 0 Å². The van der Waals surface area contributed by atoms with Gasteiger partial charge in [-0.1, -0.05) is 19.1 Å². The lowest BCUT2D eigenvalue weighted by atomic mass is 9.91. The third-order valence-corrected chi connectivity index (χ3v) is 3.59. The first-order valence-corrected chi connectivity index (χ1v) is 6.96. The summed E-state index contributed by atoms with van der Waals surface area (Å²) in [5, 5.41) is 10.2. The van der Waals surface area contributed by atoms with E-state index in [1.54, 1.807) is 0 Å². The molecule has 0 aliphatic rings. The van der Waals surface area contributed by atoms with Gasteiger partial charge in [-0.15, -0.1) is 11.8 Å². The van der Waals surface area contributed by atoms with Crippen molar-refractivity contribution in [2.75, 3.05) is 19.8 Å². The van der Waals surface area contributed by atoms with E-state index in [1.165, 1.54) is 4.90 Å². The van der Waals surface area contributed by atoms with Gasteiger partial charge in [0.25, 0.3) is 0 Å². The Balaban J connectivity index is 2.96. The Hall–Kier alpha value is -0.510. The second-order valence-corrected chi connectivity index (χ2v) is 6.36. The summed E-state index contributed by atoms with van der Waals surface area (Å²) in [4.78, 5) is 3.34. The molecule has 0 aromatic heterocycles. The summed E-state index contributed by atoms with van der Waals surface area (Å²) in [5.74, 6) is 1.09. The van der Waals surface area contributed by atoms with E-state index in [-0.39, 0.29) is 6.04 Å². The van der Waals surface area contributed by atoms with Gasteiger partial charge in [0, 0.05) is 4.90 Å². The molecule has 2 nitrogen and oxygen atoms in total. The molecule has 1 rings (SSSR count). The van der Waals surface area contributed by atoms with Crippen molar-refractivity contribution in [2.24, 2.45) is 0 Å². The highest BCUT2D eigenvalue weighted by Crippen LogP contribution is 2.31. The van der Waals surface area contributed by atoms with Gasteiger partial charge in [0.2, 0.25) is 0 Å². The lowest BCUT2D eigenvalue weighted by Crippen LogP contribution is -2.38. The van der Waals surface area contributed by atoms with Crippen LogP contribution in [0.3, 0.4) is 0 Å². The zero-order valence-electron chi connectivity index (χ0n) is 11.4. The van der Waals surface area contributed by atoms with Crippen LogP contribution < -0.4 is 0 Å². The summed E-state index contributed by atoms with van der Waals surface area (Å²) in [6, 6.07) is 8.50. The molecule has 0 amide bonds. The summed E-state index contributed by atoms with van der Waals surface area (Å²) < 4.78 is 0. The van der Waals surface area contributed by atoms with Gasteiger partial charge in [-0.2, -0.15) is 0 Å². The highest BCUT2D eigenvalue weighted by Gasteiger charge is 2.29. The second kappa shape index (κ2) is 5.89. The van der Waals surface area contributed by atoms with Gasteiger partial charge in [-0.25, -0.2) is 0 Å². The standard InChI is InChI=1S/C14H23NOS/c1-6-17-12-9-7-11(8-10-12)13(15(4)5)14(2,3)16/h7-10,13,16H,6H2,1-5H3. The quantitative estimate of drug-likeness (QED) is 0.815. The molecule has 1 aromatic carbocycles. The maximum absolute atomic E-state index is 10.2. The number of aliphatic hydroxyl groups is 1. The highest BCUT2D eigenvalue weighted by molar-refractivity contribution is 7.99. The van der Waals surface area contributed by atoms with Crippen LogP contribution in [0.15, 0.2) is 29.2 Å². The molecule has 0 spiro atoms. The van der Waals surface area contributed by atoms with Crippen molar-refractivity contribution in [3.05, 3.63) is 29.8 Å². The molecule has 0 fully saturated rings. The minimum Gasteiger partial charge on any atom is -0.388 e. The average Bonchev–Trinajstić information content (AvgIpc) is 2.18. The average molecular weight is 253 g/mol. The molecule has 1 aromatic rings. The Morgan fingerprint density at radius 3 is 2.12 bits per heavy atom. The minimum atomic E-state index is -0.747. The number of nitrogens with zero attached hydrogens (tertiary/aromatic N) is 1. The zero-order valence-corrected chi connectivity index (χ0v) is 12.2. The number of rotatable bonds is 5. The van der Waals surface area contributed by atoms with Crippen molar-refractivity contribution >= 4 is 11.8 Å². The summed E-state index contributed by atoms with van der Waals surface area (Å²) in [6.07, 6.45) is 0. The topological polar surface area (TPSA) is 23.5 Å². The molecule has 0 bridgehead atoms. The normalized spacial score (nSPS) is 14.1. The first-order chi connectivity index (χ1) is 7.86. The van der Waals surface area contributed by atoms with Crippen molar-refractivity contribution in [2.45, 2.75) is 37.3 Å². The fourth-order valence-electron chi connectivity index (χ4n) is 2.25. The van der Waals surface area contributed by atoms with E-state index in [9.17, 15) is 5.11 Å². The smallest absolute Gasteiger partial charge is 0.0787 e. The van der Waals surface area contributed by atoms with Gasteiger partial charge in [0.05, 0.1) is 11.6 Å². The fraction of sp³-hybridized carbons (Fsp3) is 0.571. The van der Waals surface area contributed by atoms with Gasteiger partial charge in [-0.05, 0) is 51.4 Å². The van der Waals surface area contributed by atoms with Crippen LogP contribution >= 0.6 is 11.8 Å². The number of benzene rings is 1. The molecule has 1 N–H and O–H groups in total. The monoisotopic (exact) mass is 253 g/mol. The molecule has 0 aliphatic heterocycles. The van der Waals surface area contributed by atoms with Crippen molar-refractivity contribution in [3.8, 4) is 0 Å². The van der Waals surface area contributed by atoms with E-state index in [4.69, 9.17) is 0 Å². The Bertz CT molecular complexity index is 340. The maximum atomic E-state index is 10.2. The number of hydrogen-bond acceptors (Lipinski definition) is 3. The zero-order chi connectivity index (χ0) is 13.1. The molecule has 0 heterocycles. The third-order valence-electron chi connectivity index (χ3n) is 2.69. The summed E-state index contributed by atoms with van der Waals surface area (Å²) in [5.41, 5.74) is 0.408.